The Hall–Kier alpha value is -1.30. The van der Waals surface area contributed by atoms with Gasteiger partial charge in [-0.3, -0.25) is 4.79 Å². The molecule has 6 heteroatoms. The Balaban J connectivity index is 2.48. The lowest BCUT2D eigenvalue weighted by Crippen LogP contribution is -2.52. The topological polar surface area (TPSA) is 87.7 Å². The fourth-order valence-electron chi connectivity index (χ4n) is 1.98. The first kappa shape index (κ1) is 15.8. The minimum absolute atomic E-state index is 0.0787. The molecule has 0 aromatic carbocycles. The van der Waals surface area contributed by atoms with Gasteiger partial charge in [-0.1, -0.05) is 20.8 Å². The largest absolute Gasteiger partial charge is 0.481 e. The highest BCUT2D eigenvalue weighted by Crippen LogP contribution is 2.21. The van der Waals surface area contributed by atoms with Gasteiger partial charge < -0.3 is 20.5 Å². The Labute approximate surface area is 113 Å². The molecule has 0 radical (unpaired) electrons. The van der Waals surface area contributed by atoms with E-state index in [0.717, 1.165) is 12.8 Å². The molecule has 1 aliphatic heterocycles. The van der Waals surface area contributed by atoms with Crippen LogP contribution in [-0.2, 0) is 9.53 Å². The number of hydrogen-bond donors (Lipinski definition) is 3. The highest BCUT2D eigenvalue weighted by atomic mass is 16.5. The second kappa shape index (κ2) is 6.75. The lowest BCUT2D eigenvalue weighted by Gasteiger charge is -2.31. The number of ether oxygens (including phenoxy) is 1. The number of urea groups is 1. The van der Waals surface area contributed by atoms with E-state index < -0.39 is 12.0 Å². The van der Waals surface area contributed by atoms with Crippen molar-refractivity contribution in [1.82, 2.24) is 10.6 Å². The second-order valence-corrected chi connectivity index (χ2v) is 6.02. The summed E-state index contributed by atoms with van der Waals surface area (Å²) < 4.78 is 5.22. The fourth-order valence-corrected chi connectivity index (χ4v) is 1.98. The van der Waals surface area contributed by atoms with E-state index in [1.807, 2.05) is 20.8 Å². The number of hydrogen-bond acceptors (Lipinski definition) is 3. The summed E-state index contributed by atoms with van der Waals surface area (Å²) in [6, 6.07) is -0.586. The maximum atomic E-state index is 11.9. The van der Waals surface area contributed by atoms with Crippen molar-refractivity contribution in [3.05, 3.63) is 0 Å². The third kappa shape index (κ3) is 5.92. The van der Waals surface area contributed by atoms with Gasteiger partial charge in [-0.2, -0.15) is 0 Å². The van der Waals surface area contributed by atoms with Crippen molar-refractivity contribution >= 4 is 12.0 Å². The summed E-state index contributed by atoms with van der Waals surface area (Å²) in [5.74, 6) is -0.911. The molecule has 6 nitrogen and oxygen atoms in total. The summed E-state index contributed by atoms with van der Waals surface area (Å²) in [5.41, 5.74) is -0.300. The Morgan fingerprint density at radius 1 is 1.32 bits per heavy atom. The Kier molecular flexibility index (Phi) is 5.60. The van der Waals surface area contributed by atoms with Crippen molar-refractivity contribution in [2.75, 3.05) is 13.2 Å². The van der Waals surface area contributed by atoms with Crippen molar-refractivity contribution in [3.8, 4) is 0 Å². The maximum absolute atomic E-state index is 11.9. The first-order valence-corrected chi connectivity index (χ1v) is 6.65. The van der Waals surface area contributed by atoms with Gasteiger partial charge in [-0.05, 0) is 18.3 Å². The van der Waals surface area contributed by atoms with Crippen LogP contribution in [0.1, 0.15) is 40.0 Å². The molecule has 1 saturated heterocycles. The molecule has 2 amide bonds. The molecule has 1 unspecified atom stereocenters. The van der Waals surface area contributed by atoms with Crippen LogP contribution in [0.4, 0.5) is 4.79 Å². The molecule has 1 rings (SSSR count). The summed E-state index contributed by atoms with van der Waals surface area (Å²) >= 11 is 0. The van der Waals surface area contributed by atoms with E-state index in [2.05, 4.69) is 10.6 Å². The first-order valence-electron chi connectivity index (χ1n) is 6.65. The number of amides is 2. The minimum Gasteiger partial charge on any atom is -0.481 e. The fraction of sp³-hybridized carbons (Fsp3) is 0.846. The van der Waals surface area contributed by atoms with Crippen LogP contribution in [0.2, 0.25) is 0 Å². The molecule has 0 aromatic heterocycles. The van der Waals surface area contributed by atoms with Crippen molar-refractivity contribution < 1.29 is 19.4 Å². The highest BCUT2D eigenvalue weighted by molar-refractivity contribution is 5.76. The number of carbonyl (C=O) groups excluding carboxylic acids is 1. The molecule has 0 spiro atoms. The van der Waals surface area contributed by atoms with E-state index in [0.29, 0.717) is 13.2 Å². The summed E-state index contributed by atoms with van der Waals surface area (Å²) in [4.78, 5) is 22.7. The monoisotopic (exact) mass is 272 g/mol. The van der Waals surface area contributed by atoms with Gasteiger partial charge in [0, 0.05) is 25.3 Å². The lowest BCUT2D eigenvalue weighted by molar-refractivity contribution is -0.138. The number of carbonyl (C=O) groups is 2. The zero-order valence-electron chi connectivity index (χ0n) is 11.9. The molecule has 3 N–H and O–H groups in total. The van der Waals surface area contributed by atoms with Gasteiger partial charge in [-0.25, -0.2) is 4.79 Å². The predicted molar refractivity (Wildman–Crippen MR) is 71.0 cm³/mol. The third-order valence-electron chi connectivity index (χ3n) is 3.29. The summed E-state index contributed by atoms with van der Waals surface area (Å²) in [7, 11) is 0. The predicted octanol–water partition coefficient (Wildman–Crippen LogP) is 1.35. The molecule has 1 aliphatic rings. The highest BCUT2D eigenvalue weighted by Gasteiger charge is 2.29. The standard InChI is InChI=1S/C13H24N2O4/c1-13(2,3)10(8-11(16)17)15-12(18)14-9-4-6-19-7-5-9/h9-10H,4-8H2,1-3H3,(H,16,17)(H2,14,15,18). The van der Waals surface area contributed by atoms with Crippen LogP contribution >= 0.6 is 0 Å². The van der Waals surface area contributed by atoms with Gasteiger partial charge in [0.25, 0.3) is 0 Å². The lowest BCUT2D eigenvalue weighted by atomic mass is 9.85. The van der Waals surface area contributed by atoms with E-state index in [1.165, 1.54) is 0 Å². The average Bonchev–Trinajstić information content (AvgIpc) is 2.27. The SMILES string of the molecule is CC(C)(C)C(CC(=O)O)NC(=O)NC1CCOCC1. The van der Waals surface area contributed by atoms with E-state index >= 15 is 0 Å². The molecule has 0 aliphatic carbocycles. The average molecular weight is 272 g/mol. The molecule has 19 heavy (non-hydrogen) atoms. The third-order valence-corrected chi connectivity index (χ3v) is 3.29. The van der Waals surface area contributed by atoms with Crippen molar-refractivity contribution in [1.29, 1.82) is 0 Å². The number of aliphatic carboxylic acids is 1. The number of nitrogens with one attached hydrogen (secondary N) is 2. The van der Waals surface area contributed by atoms with Crippen LogP contribution in [0.15, 0.2) is 0 Å². The number of carboxylic acid groups (broad SMARTS) is 1. The zero-order chi connectivity index (χ0) is 14.5. The van der Waals surface area contributed by atoms with Gasteiger partial charge in [0.05, 0.1) is 6.42 Å². The van der Waals surface area contributed by atoms with Crippen molar-refractivity contribution in [2.45, 2.75) is 52.1 Å². The van der Waals surface area contributed by atoms with Crippen LogP contribution in [0, 0.1) is 5.41 Å². The van der Waals surface area contributed by atoms with Gasteiger partial charge in [0.15, 0.2) is 0 Å². The van der Waals surface area contributed by atoms with E-state index in [1.54, 1.807) is 0 Å². The molecule has 0 saturated carbocycles. The van der Waals surface area contributed by atoms with Gasteiger partial charge in [0.1, 0.15) is 0 Å². The molecule has 0 bridgehead atoms. The summed E-state index contributed by atoms with van der Waals surface area (Å²) in [5, 5.41) is 14.5. The molecule has 0 aromatic rings. The molecule has 110 valence electrons. The maximum Gasteiger partial charge on any atom is 0.315 e. The van der Waals surface area contributed by atoms with Crippen LogP contribution in [0.25, 0.3) is 0 Å². The van der Waals surface area contributed by atoms with E-state index in [9.17, 15) is 9.59 Å². The minimum atomic E-state index is -0.911. The van der Waals surface area contributed by atoms with Gasteiger partial charge in [0.2, 0.25) is 0 Å². The van der Waals surface area contributed by atoms with Gasteiger partial charge >= 0.3 is 12.0 Å². The van der Waals surface area contributed by atoms with E-state index in [4.69, 9.17) is 9.84 Å². The Morgan fingerprint density at radius 2 is 1.89 bits per heavy atom. The molecular formula is C13H24N2O4. The Morgan fingerprint density at radius 3 is 2.37 bits per heavy atom. The normalized spacial score (nSPS) is 18.7. The van der Waals surface area contributed by atoms with Crippen LogP contribution in [0.3, 0.4) is 0 Å². The molecule has 1 atom stereocenters. The van der Waals surface area contributed by atoms with Crippen molar-refractivity contribution in [3.63, 3.8) is 0 Å². The quantitative estimate of drug-likeness (QED) is 0.721. The first-order chi connectivity index (χ1) is 8.79. The number of carboxylic acids is 1. The summed E-state index contributed by atoms with van der Waals surface area (Å²) in [6.45, 7) is 7.05. The van der Waals surface area contributed by atoms with Crippen LogP contribution in [-0.4, -0.2) is 42.4 Å². The van der Waals surface area contributed by atoms with E-state index in [-0.39, 0.29) is 23.9 Å². The second-order valence-electron chi connectivity index (χ2n) is 6.02. The smallest absolute Gasteiger partial charge is 0.315 e. The summed E-state index contributed by atoms with van der Waals surface area (Å²) in [6.07, 6.45) is 1.52. The van der Waals surface area contributed by atoms with Gasteiger partial charge in [-0.15, -0.1) is 0 Å². The van der Waals surface area contributed by atoms with Crippen LogP contribution in [0.5, 0.6) is 0 Å². The van der Waals surface area contributed by atoms with Crippen LogP contribution < -0.4 is 10.6 Å². The number of rotatable bonds is 4. The molecule has 1 fully saturated rings. The zero-order valence-corrected chi connectivity index (χ0v) is 11.9. The molecular weight excluding hydrogens is 248 g/mol. The Bertz CT molecular complexity index is 319. The van der Waals surface area contributed by atoms with Crippen molar-refractivity contribution in [2.24, 2.45) is 5.41 Å². The molecule has 1 heterocycles.